The minimum absolute atomic E-state index is 0.00639. The number of amides is 2. The molecule has 8 heteroatoms. The highest BCUT2D eigenvalue weighted by molar-refractivity contribution is 5.80. The van der Waals surface area contributed by atoms with Crippen LogP contribution in [-0.4, -0.2) is 62.1 Å². The van der Waals surface area contributed by atoms with Gasteiger partial charge in [-0.2, -0.15) is 0 Å². The third-order valence-corrected chi connectivity index (χ3v) is 6.95. The minimum atomic E-state index is -0.506. The predicted molar refractivity (Wildman–Crippen MR) is 132 cm³/mol. The molecular formula is C27H34FN3O4. The van der Waals surface area contributed by atoms with E-state index in [4.69, 9.17) is 9.47 Å². The summed E-state index contributed by atoms with van der Waals surface area (Å²) >= 11 is 0. The molecule has 1 atom stereocenters. The molecular weight excluding hydrogens is 449 g/mol. The number of methoxy groups -OCH3 is 1. The third kappa shape index (κ3) is 5.86. The Bertz CT molecular complexity index is 1050. The molecule has 2 fully saturated rings. The van der Waals surface area contributed by atoms with Crippen LogP contribution in [-0.2, 0) is 16.0 Å². The lowest BCUT2D eigenvalue weighted by molar-refractivity contribution is -0.132. The first-order valence-electron chi connectivity index (χ1n) is 12.3. The fourth-order valence-electron chi connectivity index (χ4n) is 5.08. The monoisotopic (exact) mass is 483 g/mol. The van der Waals surface area contributed by atoms with Crippen LogP contribution in [0.2, 0.25) is 0 Å². The Morgan fingerprint density at radius 2 is 1.89 bits per heavy atom. The largest absolute Gasteiger partial charge is 0.494 e. The second-order valence-corrected chi connectivity index (χ2v) is 9.24. The number of halogens is 1. The van der Waals surface area contributed by atoms with Gasteiger partial charge in [-0.1, -0.05) is 18.2 Å². The van der Waals surface area contributed by atoms with Crippen LogP contribution >= 0.6 is 0 Å². The van der Waals surface area contributed by atoms with Gasteiger partial charge in [0.25, 0.3) is 0 Å². The van der Waals surface area contributed by atoms with Gasteiger partial charge >= 0.3 is 0 Å². The molecule has 2 heterocycles. The summed E-state index contributed by atoms with van der Waals surface area (Å²) in [6, 6.07) is 12.8. The molecule has 2 aliphatic heterocycles. The highest BCUT2D eigenvalue weighted by Gasteiger charge is 2.38. The molecule has 0 unspecified atom stereocenters. The third-order valence-electron chi connectivity index (χ3n) is 6.95. The van der Waals surface area contributed by atoms with Gasteiger partial charge in [-0.05, 0) is 56.0 Å². The summed E-state index contributed by atoms with van der Waals surface area (Å²) in [5, 5.41) is 3.11. The average Bonchev–Trinajstić information content (AvgIpc) is 3.24. The van der Waals surface area contributed by atoms with E-state index in [1.165, 1.54) is 13.2 Å². The van der Waals surface area contributed by atoms with Crippen LogP contribution in [0.25, 0.3) is 0 Å². The number of nitrogens with zero attached hydrogens (tertiary/aromatic N) is 2. The minimum Gasteiger partial charge on any atom is -0.494 e. The molecule has 35 heavy (non-hydrogen) atoms. The van der Waals surface area contributed by atoms with Crippen LogP contribution in [0.1, 0.15) is 38.2 Å². The Kier molecular flexibility index (Phi) is 7.78. The van der Waals surface area contributed by atoms with Gasteiger partial charge in [0.05, 0.1) is 19.4 Å². The van der Waals surface area contributed by atoms with E-state index in [9.17, 15) is 14.0 Å². The first-order valence-corrected chi connectivity index (χ1v) is 12.3. The zero-order valence-electron chi connectivity index (χ0n) is 20.5. The van der Waals surface area contributed by atoms with Crippen molar-refractivity contribution in [2.75, 3.05) is 44.8 Å². The zero-order valence-corrected chi connectivity index (χ0v) is 20.5. The second kappa shape index (κ2) is 11.0. The zero-order chi connectivity index (χ0) is 24.8. The molecule has 2 amide bonds. The Balaban J connectivity index is 1.36. The van der Waals surface area contributed by atoms with Gasteiger partial charge < -0.3 is 24.6 Å². The molecule has 0 spiro atoms. The molecule has 0 saturated carbocycles. The summed E-state index contributed by atoms with van der Waals surface area (Å²) in [6.07, 6.45) is 2.52. The summed E-state index contributed by atoms with van der Waals surface area (Å²) in [7, 11) is 1.43. The van der Waals surface area contributed by atoms with Crippen LogP contribution in [0, 0.1) is 5.82 Å². The van der Waals surface area contributed by atoms with Crippen molar-refractivity contribution in [1.82, 2.24) is 10.2 Å². The molecule has 4 rings (SSSR count). The van der Waals surface area contributed by atoms with Crippen molar-refractivity contribution in [3.63, 3.8) is 0 Å². The number of ether oxygens (including phenoxy) is 2. The molecule has 2 aliphatic rings. The first-order chi connectivity index (χ1) is 16.9. The van der Waals surface area contributed by atoms with Crippen molar-refractivity contribution in [3.8, 4) is 11.5 Å². The van der Waals surface area contributed by atoms with E-state index in [0.717, 1.165) is 30.1 Å². The molecule has 188 valence electrons. The summed E-state index contributed by atoms with van der Waals surface area (Å²) in [5.74, 6) is 0.722. The maximum atomic E-state index is 13.8. The summed E-state index contributed by atoms with van der Waals surface area (Å²) in [4.78, 5) is 29.4. The normalized spacial score (nSPS) is 20.0. The van der Waals surface area contributed by atoms with Gasteiger partial charge in [0, 0.05) is 44.6 Å². The van der Waals surface area contributed by atoms with Gasteiger partial charge in [0.1, 0.15) is 5.75 Å². The van der Waals surface area contributed by atoms with Gasteiger partial charge in [-0.15, -0.1) is 0 Å². The van der Waals surface area contributed by atoms with Crippen LogP contribution in [0.15, 0.2) is 42.5 Å². The highest BCUT2D eigenvalue weighted by Crippen LogP contribution is 2.32. The first kappa shape index (κ1) is 24.8. The number of carbonyl (C=O) groups excluding carboxylic acids is 2. The van der Waals surface area contributed by atoms with Crippen LogP contribution in [0.5, 0.6) is 11.5 Å². The van der Waals surface area contributed by atoms with E-state index in [2.05, 4.69) is 16.3 Å². The predicted octanol–water partition coefficient (Wildman–Crippen LogP) is 3.55. The number of carbonyl (C=O) groups is 2. The van der Waals surface area contributed by atoms with Gasteiger partial charge in [0.15, 0.2) is 11.6 Å². The van der Waals surface area contributed by atoms with E-state index in [-0.39, 0.29) is 17.6 Å². The maximum Gasteiger partial charge on any atom is 0.222 e. The second-order valence-electron chi connectivity index (χ2n) is 9.24. The standard InChI is InChI=1S/C27H34FN3O4/c1-3-35-23-7-5-4-6-22(23)30-14-16-31(17-15-30)26(33)11-13-27(12-10-25(32)29-27)19-20-8-9-21(28)24(18-20)34-2/h4-9,18H,3,10-17,19H2,1-2H3,(H,29,32)/t27-/m1/s1. The van der Waals surface area contributed by atoms with Gasteiger partial charge in [0.2, 0.25) is 11.8 Å². The number of piperazine rings is 1. The molecule has 2 aromatic carbocycles. The SMILES string of the molecule is CCOc1ccccc1N1CCN(C(=O)CC[C@@]2(Cc3ccc(F)c(OC)c3)CCC(=O)N2)CC1. The molecule has 1 N–H and O–H groups in total. The molecule has 2 aromatic rings. The molecule has 7 nitrogen and oxygen atoms in total. The van der Waals surface area contributed by atoms with E-state index < -0.39 is 11.4 Å². The number of para-hydroxylation sites is 2. The van der Waals surface area contributed by atoms with E-state index in [0.29, 0.717) is 51.8 Å². The van der Waals surface area contributed by atoms with E-state index in [1.54, 1.807) is 12.1 Å². The Morgan fingerprint density at radius 3 is 2.57 bits per heavy atom. The molecule has 0 radical (unpaired) electrons. The summed E-state index contributed by atoms with van der Waals surface area (Å²) < 4.78 is 24.7. The summed E-state index contributed by atoms with van der Waals surface area (Å²) in [6.45, 7) is 5.36. The van der Waals surface area contributed by atoms with Crippen molar-refractivity contribution in [2.24, 2.45) is 0 Å². The lowest BCUT2D eigenvalue weighted by Crippen LogP contribution is -2.50. The van der Waals surface area contributed by atoms with Crippen LogP contribution < -0.4 is 19.7 Å². The highest BCUT2D eigenvalue weighted by atomic mass is 19.1. The number of nitrogens with one attached hydrogen (secondary N) is 1. The summed E-state index contributed by atoms with van der Waals surface area (Å²) in [5.41, 5.74) is 1.43. The smallest absolute Gasteiger partial charge is 0.222 e. The molecule has 0 bridgehead atoms. The van der Waals surface area contributed by atoms with Crippen molar-refractivity contribution < 1.29 is 23.5 Å². The van der Waals surface area contributed by atoms with E-state index >= 15 is 0 Å². The molecule has 0 aromatic heterocycles. The Hall–Kier alpha value is -3.29. The number of rotatable bonds is 9. The Morgan fingerprint density at radius 1 is 1.11 bits per heavy atom. The van der Waals surface area contributed by atoms with Crippen molar-refractivity contribution in [3.05, 3.63) is 53.8 Å². The van der Waals surface area contributed by atoms with Crippen molar-refractivity contribution in [1.29, 1.82) is 0 Å². The fourth-order valence-corrected chi connectivity index (χ4v) is 5.08. The number of benzene rings is 2. The fraction of sp³-hybridized carbons (Fsp3) is 0.481. The average molecular weight is 484 g/mol. The lowest BCUT2D eigenvalue weighted by atomic mass is 9.84. The van der Waals surface area contributed by atoms with E-state index in [1.807, 2.05) is 30.0 Å². The van der Waals surface area contributed by atoms with Crippen molar-refractivity contribution >= 4 is 17.5 Å². The number of hydrogen-bond acceptors (Lipinski definition) is 5. The number of hydrogen-bond donors (Lipinski definition) is 1. The van der Waals surface area contributed by atoms with Crippen LogP contribution in [0.4, 0.5) is 10.1 Å². The molecule has 0 aliphatic carbocycles. The number of anilines is 1. The topological polar surface area (TPSA) is 71.1 Å². The quantitative estimate of drug-likeness (QED) is 0.591. The lowest BCUT2D eigenvalue weighted by Gasteiger charge is -2.37. The van der Waals surface area contributed by atoms with Gasteiger partial charge in [-0.3, -0.25) is 9.59 Å². The van der Waals surface area contributed by atoms with Gasteiger partial charge in [-0.25, -0.2) is 4.39 Å². The Labute approximate surface area is 206 Å². The van der Waals surface area contributed by atoms with Crippen molar-refractivity contribution in [2.45, 2.75) is 44.6 Å². The maximum absolute atomic E-state index is 13.8. The molecule has 2 saturated heterocycles. The van der Waals surface area contributed by atoms with Crippen LogP contribution in [0.3, 0.4) is 0 Å².